The van der Waals surface area contributed by atoms with Crippen molar-refractivity contribution in [1.29, 1.82) is 0 Å². The molecule has 0 radical (unpaired) electrons. The van der Waals surface area contributed by atoms with Crippen molar-refractivity contribution in [3.63, 3.8) is 0 Å². The minimum Gasteiger partial charge on any atom is -0.462 e. The van der Waals surface area contributed by atoms with Gasteiger partial charge in [0.1, 0.15) is 6.10 Å². The topological polar surface area (TPSA) is 29.5 Å². The van der Waals surface area contributed by atoms with E-state index in [9.17, 15) is 4.79 Å². The van der Waals surface area contributed by atoms with Gasteiger partial charge < -0.3 is 4.74 Å². The standard InChI is InChI=1S/C22H35NO2/c1-14-7-6-9-17(23(14)3)11-12-19-18-10-5-4-8-16(18)13-20-21(19)15(2)25-22(20)24/h11-12,14-21H,4-10,13H2,1-3H3/b12-11+/t14-,15-,16+,17+,18+,19+,20+,21+/m0/s1. The molecule has 3 nitrogen and oxygen atoms in total. The fourth-order valence-corrected chi connectivity index (χ4v) is 6.43. The molecule has 2 saturated carbocycles. The number of hydrogen-bond acceptors (Lipinski definition) is 3. The average molecular weight is 346 g/mol. The van der Waals surface area contributed by atoms with Crippen LogP contribution >= 0.6 is 0 Å². The van der Waals surface area contributed by atoms with Gasteiger partial charge in [-0.2, -0.15) is 0 Å². The lowest BCUT2D eigenvalue weighted by atomic mass is 9.57. The SMILES string of the molecule is C[C@@H]1OC(=O)[C@@H]2C[C@H]3CCCC[C@H]3[C@@H](/C=C/[C@H]3CCC[C@H](C)N3C)[C@@H]12. The van der Waals surface area contributed by atoms with E-state index >= 15 is 0 Å². The summed E-state index contributed by atoms with van der Waals surface area (Å²) in [6.07, 6.45) is 15.5. The Morgan fingerprint density at radius 2 is 1.84 bits per heavy atom. The highest BCUT2D eigenvalue weighted by molar-refractivity contribution is 5.75. The molecule has 8 atom stereocenters. The maximum atomic E-state index is 12.4. The van der Waals surface area contributed by atoms with E-state index < -0.39 is 0 Å². The van der Waals surface area contributed by atoms with E-state index in [0.717, 1.165) is 18.3 Å². The molecule has 2 aliphatic heterocycles. The van der Waals surface area contributed by atoms with Crippen molar-refractivity contribution >= 4 is 5.97 Å². The lowest BCUT2D eigenvalue weighted by Crippen LogP contribution is -2.44. The molecule has 2 heterocycles. The molecule has 4 fully saturated rings. The molecule has 0 aromatic rings. The predicted molar refractivity (Wildman–Crippen MR) is 100 cm³/mol. The van der Waals surface area contributed by atoms with E-state index in [1.165, 1.54) is 44.9 Å². The van der Waals surface area contributed by atoms with Gasteiger partial charge in [-0.1, -0.05) is 37.8 Å². The van der Waals surface area contributed by atoms with Crippen molar-refractivity contribution in [3.05, 3.63) is 12.2 Å². The summed E-state index contributed by atoms with van der Waals surface area (Å²) in [6, 6.07) is 1.25. The van der Waals surface area contributed by atoms with Crippen molar-refractivity contribution in [2.24, 2.45) is 29.6 Å². The second-order valence-electron chi connectivity index (χ2n) is 9.24. The molecular formula is C22H35NO2. The molecule has 0 unspecified atom stereocenters. The van der Waals surface area contributed by atoms with Gasteiger partial charge in [0, 0.05) is 18.0 Å². The van der Waals surface area contributed by atoms with E-state index in [4.69, 9.17) is 4.74 Å². The van der Waals surface area contributed by atoms with Crippen LogP contribution in [0.1, 0.15) is 65.2 Å². The summed E-state index contributed by atoms with van der Waals surface area (Å²) < 4.78 is 5.69. The maximum absolute atomic E-state index is 12.4. The lowest BCUT2D eigenvalue weighted by molar-refractivity contribution is -0.144. The molecule has 3 heteroatoms. The Morgan fingerprint density at radius 3 is 2.68 bits per heavy atom. The zero-order valence-electron chi connectivity index (χ0n) is 16.2. The van der Waals surface area contributed by atoms with Gasteiger partial charge in [0.2, 0.25) is 0 Å². The van der Waals surface area contributed by atoms with Gasteiger partial charge >= 0.3 is 5.97 Å². The van der Waals surface area contributed by atoms with Crippen LogP contribution in [0.25, 0.3) is 0 Å². The van der Waals surface area contributed by atoms with Crippen LogP contribution < -0.4 is 0 Å². The molecule has 0 bridgehead atoms. The number of ether oxygens (including phenoxy) is 1. The van der Waals surface area contributed by atoms with Gasteiger partial charge in [0.15, 0.2) is 0 Å². The number of nitrogens with zero attached hydrogens (tertiary/aromatic N) is 1. The Balaban J connectivity index is 1.57. The first kappa shape index (κ1) is 17.6. The van der Waals surface area contributed by atoms with Crippen LogP contribution in [0.3, 0.4) is 0 Å². The first-order chi connectivity index (χ1) is 12.1. The molecule has 2 saturated heterocycles. The number of piperidine rings is 1. The highest BCUT2D eigenvalue weighted by Crippen LogP contribution is 2.53. The zero-order chi connectivity index (χ0) is 17.6. The Labute approximate surface area is 153 Å². The highest BCUT2D eigenvalue weighted by Gasteiger charge is 2.53. The molecular weight excluding hydrogens is 310 g/mol. The van der Waals surface area contributed by atoms with Crippen LogP contribution in [0.5, 0.6) is 0 Å². The van der Waals surface area contributed by atoms with Gasteiger partial charge in [0.25, 0.3) is 0 Å². The zero-order valence-corrected chi connectivity index (χ0v) is 16.2. The molecule has 0 amide bonds. The normalized spacial score (nSPS) is 48.2. The summed E-state index contributed by atoms with van der Waals surface area (Å²) in [6.45, 7) is 4.47. The molecule has 25 heavy (non-hydrogen) atoms. The quantitative estimate of drug-likeness (QED) is 0.548. The minimum atomic E-state index is 0.0864. The van der Waals surface area contributed by atoms with Crippen molar-refractivity contribution in [1.82, 2.24) is 4.90 Å². The summed E-state index contributed by atoms with van der Waals surface area (Å²) in [5.41, 5.74) is 0. The Hall–Kier alpha value is -0.830. The number of allylic oxidation sites excluding steroid dienone is 1. The smallest absolute Gasteiger partial charge is 0.309 e. The second-order valence-corrected chi connectivity index (χ2v) is 9.24. The van der Waals surface area contributed by atoms with Crippen LogP contribution in [-0.4, -0.2) is 36.1 Å². The summed E-state index contributed by atoms with van der Waals surface area (Å²) in [4.78, 5) is 14.9. The number of fused-ring (bicyclic) bond motifs is 2. The van der Waals surface area contributed by atoms with Crippen LogP contribution in [0.4, 0.5) is 0 Å². The largest absolute Gasteiger partial charge is 0.462 e. The van der Waals surface area contributed by atoms with Crippen LogP contribution in [0.2, 0.25) is 0 Å². The van der Waals surface area contributed by atoms with Crippen molar-refractivity contribution in [2.45, 2.75) is 83.4 Å². The lowest BCUT2D eigenvalue weighted by Gasteiger charge is -2.46. The maximum Gasteiger partial charge on any atom is 0.309 e. The van der Waals surface area contributed by atoms with Crippen LogP contribution in [-0.2, 0) is 9.53 Å². The first-order valence-corrected chi connectivity index (χ1v) is 10.7. The van der Waals surface area contributed by atoms with Crippen LogP contribution in [0, 0.1) is 29.6 Å². The van der Waals surface area contributed by atoms with Gasteiger partial charge in [0.05, 0.1) is 5.92 Å². The fraction of sp³-hybridized carbons (Fsp3) is 0.864. The number of likely N-dealkylation sites (tertiary alicyclic amines) is 1. The number of cyclic esters (lactones) is 1. The van der Waals surface area contributed by atoms with Crippen molar-refractivity contribution in [2.75, 3.05) is 7.05 Å². The predicted octanol–water partition coefficient (Wildman–Crippen LogP) is 4.42. The summed E-state index contributed by atoms with van der Waals surface area (Å²) in [5.74, 6) is 2.71. The van der Waals surface area contributed by atoms with Crippen molar-refractivity contribution < 1.29 is 9.53 Å². The second kappa shape index (κ2) is 7.06. The van der Waals surface area contributed by atoms with Gasteiger partial charge in [-0.3, -0.25) is 9.69 Å². The third-order valence-electron chi connectivity index (χ3n) is 7.97. The molecule has 4 aliphatic rings. The molecule has 0 spiro atoms. The monoisotopic (exact) mass is 345 g/mol. The van der Waals surface area contributed by atoms with E-state index in [1.807, 2.05) is 0 Å². The molecule has 0 aromatic carbocycles. The average Bonchev–Trinajstić information content (AvgIpc) is 2.89. The number of esters is 1. The Kier molecular flexibility index (Phi) is 4.96. The van der Waals surface area contributed by atoms with Crippen molar-refractivity contribution in [3.8, 4) is 0 Å². The molecule has 2 aliphatic carbocycles. The molecule has 4 rings (SSSR count). The summed E-state index contributed by atoms with van der Waals surface area (Å²) >= 11 is 0. The van der Waals surface area contributed by atoms with E-state index in [1.54, 1.807) is 0 Å². The van der Waals surface area contributed by atoms with Gasteiger partial charge in [-0.25, -0.2) is 0 Å². The third-order valence-corrected chi connectivity index (χ3v) is 7.97. The fourth-order valence-electron chi connectivity index (χ4n) is 6.43. The first-order valence-electron chi connectivity index (χ1n) is 10.7. The molecule has 140 valence electrons. The molecule has 0 aromatic heterocycles. The van der Waals surface area contributed by atoms with E-state index in [0.29, 0.717) is 23.9 Å². The molecule has 0 N–H and O–H groups in total. The highest BCUT2D eigenvalue weighted by atomic mass is 16.6. The van der Waals surface area contributed by atoms with E-state index in [2.05, 4.69) is 37.9 Å². The van der Waals surface area contributed by atoms with Gasteiger partial charge in [-0.15, -0.1) is 0 Å². The number of likely N-dealkylation sites (N-methyl/N-ethyl adjacent to an activating group) is 1. The number of carbonyl (C=O) groups excluding carboxylic acids is 1. The Morgan fingerprint density at radius 1 is 1.04 bits per heavy atom. The number of rotatable bonds is 2. The van der Waals surface area contributed by atoms with Crippen LogP contribution in [0.15, 0.2) is 12.2 Å². The van der Waals surface area contributed by atoms with Gasteiger partial charge in [-0.05, 0) is 64.3 Å². The summed E-state index contributed by atoms with van der Waals surface area (Å²) in [7, 11) is 2.27. The minimum absolute atomic E-state index is 0.0864. The number of hydrogen-bond donors (Lipinski definition) is 0. The van der Waals surface area contributed by atoms with E-state index in [-0.39, 0.29) is 18.0 Å². The third kappa shape index (κ3) is 3.18. The Bertz CT molecular complexity index is 530. The summed E-state index contributed by atoms with van der Waals surface area (Å²) in [5, 5.41) is 0. The number of carbonyl (C=O) groups is 1.